The molecule has 6 rings (SSSR count). The fraction of sp³-hybridized carbons (Fsp3) is 0.412. The zero-order chi connectivity index (χ0) is 36.0. The minimum absolute atomic E-state index is 0.0404. The number of ether oxygens (including phenoxy) is 1. The number of nitrogen functional groups attached to an aromatic ring is 1. The van der Waals surface area contributed by atoms with Gasteiger partial charge in [0.2, 0.25) is 17.9 Å². The Balaban J connectivity index is 1.31. The predicted molar refractivity (Wildman–Crippen MR) is 180 cm³/mol. The van der Waals surface area contributed by atoms with E-state index in [9.17, 15) is 31.5 Å². The van der Waals surface area contributed by atoms with Crippen LogP contribution in [-0.4, -0.2) is 76.8 Å². The Morgan fingerprint density at radius 1 is 1.10 bits per heavy atom. The van der Waals surface area contributed by atoms with Gasteiger partial charge in [0.15, 0.2) is 9.84 Å². The molecule has 0 bridgehead atoms. The van der Waals surface area contributed by atoms with Crippen molar-refractivity contribution in [3.05, 3.63) is 72.1 Å². The highest BCUT2D eigenvalue weighted by atomic mass is 32.2. The summed E-state index contributed by atoms with van der Waals surface area (Å²) < 4.78 is 75.6. The molecule has 2 unspecified atom stereocenters. The molecule has 2 aliphatic heterocycles. The van der Waals surface area contributed by atoms with E-state index in [1.54, 1.807) is 37.4 Å². The fourth-order valence-electron chi connectivity index (χ4n) is 7.14. The van der Waals surface area contributed by atoms with E-state index in [0.29, 0.717) is 55.0 Å². The lowest BCUT2D eigenvalue weighted by atomic mass is 9.71. The van der Waals surface area contributed by atoms with Crippen LogP contribution in [0.1, 0.15) is 50.0 Å². The molecule has 0 saturated carbocycles. The topological polar surface area (TPSA) is 166 Å². The average molecular weight is 714 g/mol. The molecule has 1 spiro atoms. The lowest BCUT2D eigenvalue weighted by Gasteiger charge is -2.43. The number of benzene rings is 2. The van der Waals surface area contributed by atoms with E-state index in [1.807, 2.05) is 11.8 Å². The number of carboxylic acid groups (broad SMARTS) is 1. The molecule has 2 aliphatic rings. The van der Waals surface area contributed by atoms with Gasteiger partial charge in [-0.2, -0.15) is 28.2 Å². The van der Waals surface area contributed by atoms with Gasteiger partial charge in [-0.05, 0) is 73.4 Å². The number of nitrogens with zero attached hydrogens (tertiary/aromatic N) is 5. The largest absolute Gasteiger partial charge is 0.480 e. The summed E-state index contributed by atoms with van der Waals surface area (Å²) in [5.74, 6) is -1.18. The first-order valence-corrected chi connectivity index (χ1v) is 18.0. The molecule has 12 nitrogen and oxygen atoms in total. The van der Waals surface area contributed by atoms with Gasteiger partial charge < -0.3 is 25.8 Å². The van der Waals surface area contributed by atoms with E-state index in [2.05, 4.69) is 20.4 Å². The van der Waals surface area contributed by atoms with Gasteiger partial charge in [-0.25, -0.2) is 13.1 Å². The number of hydrogen-bond donors (Lipinski definition) is 3. The molecule has 4 N–H and O–H groups in total. The Morgan fingerprint density at radius 2 is 1.78 bits per heavy atom. The van der Waals surface area contributed by atoms with Crippen LogP contribution in [0.5, 0.6) is 5.88 Å². The molecule has 2 fully saturated rings. The van der Waals surface area contributed by atoms with E-state index in [-0.39, 0.29) is 39.4 Å². The molecule has 2 aromatic carbocycles. The first-order chi connectivity index (χ1) is 23.6. The molecule has 50 heavy (non-hydrogen) atoms. The highest BCUT2D eigenvalue weighted by Crippen LogP contribution is 2.46. The average Bonchev–Trinajstić information content (AvgIpc) is 3.66. The van der Waals surface area contributed by atoms with Crippen molar-refractivity contribution >= 4 is 27.6 Å². The number of aromatic nitrogens is 4. The van der Waals surface area contributed by atoms with Crippen LogP contribution < -0.4 is 20.7 Å². The van der Waals surface area contributed by atoms with Crippen LogP contribution in [0.4, 0.5) is 24.9 Å². The van der Waals surface area contributed by atoms with Crippen molar-refractivity contribution in [2.45, 2.75) is 68.8 Å². The fourth-order valence-corrected chi connectivity index (χ4v) is 7.77. The Bertz CT molecular complexity index is 1990. The molecule has 0 amide bonds. The van der Waals surface area contributed by atoms with Crippen molar-refractivity contribution < 1.29 is 36.2 Å². The van der Waals surface area contributed by atoms with Crippen molar-refractivity contribution in [3.63, 3.8) is 0 Å². The lowest BCUT2D eigenvalue weighted by molar-refractivity contribution is -0.198. The number of hydrogen-bond acceptors (Lipinski definition) is 10. The summed E-state index contributed by atoms with van der Waals surface area (Å²) in [6.45, 7) is 4.73. The Morgan fingerprint density at radius 3 is 2.36 bits per heavy atom. The van der Waals surface area contributed by atoms with Crippen molar-refractivity contribution in [1.82, 2.24) is 25.1 Å². The molecule has 16 heteroatoms. The van der Waals surface area contributed by atoms with Crippen LogP contribution in [-0.2, 0) is 14.6 Å². The number of aryl methyl sites for hydroxylation is 1. The van der Waals surface area contributed by atoms with E-state index in [1.165, 1.54) is 35.0 Å². The smallest absolute Gasteiger partial charge is 0.429 e. The lowest BCUT2D eigenvalue weighted by Crippen LogP contribution is -2.46. The zero-order valence-electron chi connectivity index (χ0n) is 27.7. The summed E-state index contributed by atoms with van der Waals surface area (Å²) in [7, 11) is -3.44. The Labute approximate surface area is 287 Å². The van der Waals surface area contributed by atoms with E-state index in [0.717, 1.165) is 12.7 Å². The molecular formula is C34H38F3N7O5S. The van der Waals surface area contributed by atoms with Crippen LogP contribution in [0.25, 0.3) is 16.8 Å². The number of halogens is 3. The van der Waals surface area contributed by atoms with Crippen molar-refractivity contribution in [2.24, 2.45) is 5.41 Å². The number of alkyl halides is 3. The van der Waals surface area contributed by atoms with Gasteiger partial charge in [-0.15, -0.1) is 0 Å². The third kappa shape index (κ3) is 7.12. The molecular weight excluding hydrogens is 675 g/mol. The number of nitrogens with one attached hydrogen (secondary N) is 1. The second kappa shape index (κ2) is 13.2. The van der Waals surface area contributed by atoms with Crippen molar-refractivity contribution in [3.8, 4) is 22.7 Å². The number of sulfone groups is 1. The van der Waals surface area contributed by atoms with Crippen LogP contribution >= 0.6 is 0 Å². The molecule has 2 aromatic heterocycles. The van der Waals surface area contributed by atoms with Crippen molar-refractivity contribution in [1.29, 1.82) is 0 Å². The summed E-state index contributed by atoms with van der Waals surface area (Å²) in [6, 6.07) is 12.8. The summed E-state index contributed by atoms with van der Waals surface area (Å²) in [6.07, 6.45) is -2.11. The van der Waals surface area contributed by atoms with Crippen molar-refractivity contribution in [2.75, 3.05) is 30.0 Å². The molecule has 266 valence electrons. The number of carbonyl (C=O) groups is 1. The number of nitrogens with two attached hydrogens (primary N) is 1. The number of anilines is 2. The number of piperidine rings is 1. The number of aliphatic carboxylic acids is 1. The van der Waals surface area contributed by atoms with Gasteiger partial charge in [0.1, 0.15) is 11.9 Å². The second-order valence-electron chi connectivity index (χ2n) is 13.0. The molecule has 0 radical (unpaired) electrons. The molecule has 4 heterocycles. The first-order valence-electron chi connectivity index (χ1n) is 16.1. The third-order valence-electron chi connectivity index (χ3n) is 9.68. The summed E-state index contributed by atoms with van der Waals surface area (Å²) in [4.78, 5) is 22.0. The maximum absolute atomic E-state index is 14.9. The van der Waals surface area contributed by atoms with Crippen LogP contribution in [0.2, 0.25) is 0 Å². The molecule has 0 aliphatic carbocycles. The van der Waals surface area contributed by atoms with Gasteiger partial charge in [0, 0.05) is 43.2 Å². The van der Waals surface area contributed by atoms with E-state index >= 15 is 0 Å². The van der Waals surface area contributed by atoms with Crippen LogP contribution in [0, 0.1) is 12.3 Å². The van der Waals surface area contributed by atoms with Gasteiger partial charge >= 0.3 is 12.1 Å². The Kier molecular flexibility index (Phi) is 9.28. The molecule has 2 saturated heterocycles. The minimum Gasteiger partial charge on any atom is -0.480 e. The summed E-state index contributed by atoms with van der Waals surface area (Å²) in [5, 5.41) is 17.2. The van der Waals surface area contributed by atoms with Gasteiger partial charge in [0.05, 0.1) is 16.3 Å². The van der Waals surface area contributed by atoms with Gasteiger partial charge in [0.25, 0.3) is 0 Å². The standard InChI is InChI=1S/C34H38F3N7O5S/c1-4-27-33(19-25(39-27)31(45)46)12-15-43(16-13-33)28-18-29(41-32(38)40-28)49-30(34(35,36)37)24-10-7-22(17-26(24)44-14-11-20(2)42-44)21-5-8-23(9-6-21)50(3,47)48/h5-11,14,17-18,25,27,30,39H,4,12-13,15-16,19H2,1-3H3,(H,45,46)(H2,38,40,41)/t25?,27?,30-/m1/s1. The number of rotatable bonds is 9. The maximum Gasteiger partial charge on any atom is 0.429 e. The summed E-state index contributed by atoms with van der Waals surface area (Å²) in [5.41, 5.74) is 7.37. The Hall–Kier alpha value is -4.70. The zero-order valence-corrected chi connectivity index (χ0v) is 28.5. The van der Waals surface area contributed by atoms with E-state index < -0.39 is 34.1 Å². The minimum atomic E-state index is -4.89. The number of carboxylic acids is 1. The quantitative estimate of drug-likeness (QED) is 0.211. The second-order valence-corrected chi connectivity index (χ2v) is 15.0. The molecule has 3 atom stereocenters. The highest BCUT2D eigenvalue weighted by Gasteiger charge is 2.50. The summed E-state index contributed by atoms with van der Waals surface area (Å²) >= 11 is 0. The monoisotopic (exact) mass is 713 g/mol. The van der Waals surface area contributed by atoms with Crippen LogP contribution in [0.15, 0.2) is 65.7 Å². The normalized spacial score (nSPS) is 19.8. The van der Waals surface area contributed by atoms with E-state index in [4.69, 9.17) is 10.5 Å². The maximum atomic E-state index is 14.9. The van der Waals surface area contributed by atoms with Crippen LogP contribution in [0.3, 0.4) is 0 Å². The molecule has 4 aromatic rings. The third-order valence-corrected chi connectivity index (χ3v) is 10.8. The first kappa shape index (κ1) is 35.1. The predicted octanol–water partition coefficient (Wildman–Crippen LogP) is 5.12. The highest BCUT2D eigenvalue weighted by molar-refractivity contribution is 7.90. The SMILES string of the molecule is CCC1NC(C(=O)O)CC12CCN(c1cc(O[C@H](c3ccc(-c4ccc(S(C)(=O)=O)cc4)cc3-n3ccc(C)n3)C(F)(F)F)nc(N)n1)CC2. The van der Waals surface area contributed by atoms with Gasteiger partial charge in [-0.1, -0.05) is 31.2 Å². The van der Waals surface area contributed by atoms with Gasteiger partial charge in [-0.3, -0.25) is 4.79 Å².